The summed E-state index contributed by atoms with van der Waals surface area (Å²) in [6.45, 7) is 3.40. The number of anilines is 2. The van der Waals surface area contributed by atoms with Crippen molar-refractivity contribution in [2.75, 3.05) is 10.6 Å². The van der Waals surface area contributed by atoms with Crippen molar-refractivity contribution in [3.8, 4) is 5.75 Å². The van der Waals surface area contributed by atoms with Gasteiger partial charge in [-0.05, 0) is 44.2 Å². The van der Waals surface area contributed by atoms with E-state index in [0.29, 0.717) is 22.7 Å². The molecule has 0 saturated carbocycles. The minimum Gasteiger partial charge on any atom is -0.476 e. The van der Waals surface area contributed by atoms with Crippen LogP contribution in [-0.4, -0.2) is 22.4 Å². The van der Waals surface area contributed by atoms with Crippen LogP contribution in [0, 0.1) is 0 Å². The van der Waals surface area contributed by atoms with Gasteiger partial charge in [0, 0.05) is 18.1 Å². The zero-order chi connectivity index (χ0) is 15.7. The number of aromatic nitrogens is 1. The van der Waals surface area contributed by atoms with Crippen LogP contribution < -0.4 is 15.4 Å². The number of fused-ring (bicyclic) bond motifs is 1. The molecule has 0 atom stereocenters. The summed E-state index contributed by atoms with van der Waals surface area (Å²) < 4.78 is 5.64. The van der Waals surface area contributed by atoms with Crippen LogP contribution in [0.1, 0.15) is 24.2 Å². The molecule has 112 valence electrons. The van der Waals surface area contributed by atoms with Crippen molar-refractivity contribution in [1.29, 1.82) is 0 Å². The van der Waals surface area contributed by atoms with Crippen LogP contribution in [0.15, 0.2) is 42.7 Å². The Balaban J connectivity index is 1.82. The lowest BCUT2D eigenvalue weighted by molar-refractivity contribution is -0.129. The Labute approximate surface area is 127 Å². The number of nitrogens with zero attached hydrogens (tertiary/aromatic N) is 1. The van der Waals surface area contributed by atoms with Crippen LogP contribution in [0.5, 0.6) is 5.75 Å². The lowest BCUT2D eigenvalue weighted by atomic mass is 10.1. The molecule has 6 heteroatoms. The summed E-state index contributed by atoms with van der Waals surface area (Å²) in [5.74, 6) is 0.0798. The number of ether oxygens (including phenoxy) is 1. The second-order valence-corrected chi connectivity index (χ2v) is 5.47. The van der Waals surface area contributed by atoms with Gasteiger partial charge in [0.2, 0.25) is 0 Å². The second kappa shape index (κ2) is 5.14. The van der Waals surface area contributed by atoms with Gasteiger partial charge >= 0.3 is 0 Å². The normalized spacial score (nSPS) is 15.3. The van der Waals surface area contributed by atoms with Gasteiger partial charge in [0.1, 0.15) is 5.75 Å². The highest BCUT2D eigenvalue weighted by Crippen LogP contribution is 2.35. The van der Waals surface area contributed by atoms with Gasteiger partial charge in [0.05, 0.1) is 11.3 Å². The molecule has 0 aliphatic carbocycles. The molecule has 2 aromatic rings. The standard InChI is InChI=1S/C16H15N3O3/c1-16(2)15(21)19-12-8-11(5-6-13(12)22-16)18-14(20)10-4-3-7-17-9-10/h3-9H,1-2H3,(H,18,20)(H,19,21). The highest BCUT2D eigenvalue weighted by molar-refractivity contribution is 6.05. The number of rotatable bonds is 2. The molecule has 0 radical (unpaired) electrons. The van der Waals surface area contributed by atoms with Crippen molar-refractivity contribution in [3.05, 3.63) is 48.3 Å². The molecule has 0 unspecified atom stereocenters. The number of hydrogen-bond donors (Lipinski definition) is 2. The van der Waals surface area contributed by atoms with E-state index in [9.17, 15) is 9.59 Å². The smallest absolute Gasteiger partial charge is 0.268 e. The largest absolute Gasteiger partial charge is 0.476 e. The molecule has 0 spiro atoms. The summed E-state index contributed by atoms with van der Waals surface area (Å²) in [6.07, 6.45) is 3.09. The lowest BCUT2D eigenvalue weighted by Gasteiger charge is -2.31. The topological polar surface area (TPSA) is 80.3 Å². The fraction of sp³-hybridized carbons (Fsp3) is 0.188. The molecule has 6 nitrogen and oxygen atoms in total. The van der Waals surface area contributed by atoms with Crippen LogP contribution >= 0.6 is 0 Å². The minimum absolute atomic E-state index is 0.226. The lowest BCUT2D eigenvalue weighted by Crippen LogP contribution is -2.45. The summed E-state index contributed by atoms with van der Waals surface area (Å²) in [7, 11) is 0. The van der Waals surface area contributed by atoms with E-state index in [1.165, 1.54) is 6.20 Å². The summed E-state index contributed by atoms with van der Waals surface area (Å²) in [6, 6.07) is 8.47. The van der Waals surface area contributed by atoms with E-state index in [2.05, 4.69) is 15.6 Å². The Morgan fingerprint density at radius 3 is 2.86 bits per heavy atom. The maximum Gasteiger partial charge on any atom is 0.268 e. The molecule has 0 bridgehead atoms. The molecule has 1 aromatic carbocycles. The van der Waals surface area contributed by atoms with E-state index in [0.717, 1.165) is 0 Å². The molecule has 2 heterocycles. The molecule has 0 saturated heterocycles. The van der Waals surface area contributed by atoms with Crippen molar-refractivity contribution < 1.29 is 14.3 Å². The van der Waals surface area contributed by atoms with Crippen molar-refractivity contribution in [3.63, 3.8) is 0 Å². The van der Waals surface area contributed by atoms with Crippen LogP contribution in [0.3, 0.4) is 0 Å². The molecular formula is C16H15N3O3. The zero-order valence-electron chi connectivity index (χ0n) is 12.2. The third-order valence-electron chi connectivity index (χ3n) is 3.32. The summed E-state index contributed by atoms with van der Waals surface area (Å²) in [5.41, 5.74) is 0.652. The second-order valence-electron chi connectivity index (χ2n) is 5.47. The van der Waals surface area contributed by atoms with Crippen LogP contribution in [0.2, 0.25) is 0 Å². The Kier molecular flexibility index (Phi) is 3.29. The Morgan fingerprint density at radius 2 is 2.14 bits per heavy atom. The number of benzene rings is 1. The molecule has 22 heavy (non-hydrogen) atoms. The number of amides is 2. The van der Waals surface area contributed by atoms with Crippen LogP contribution in [-0.2, 0) is 4.79 Å². The number of pyridine rings is 1. The highest BCUT2D eigenvalue weighted by Gasteiger charge is 2.35. The maximum atomic E-state index is 12.1. The van der Waals surface area contributed by atoms with Gasteiger partial charge in [-0.25, -0.2) is 0 Å². The first-order valence-electron chi connectivity index (χ1n) is 6.81. The van der Waals surface area contributed by atoms with E-state index in [1.54, 1.807) is 50.4 Å². The van der Waals surface area contributed by atoms with Crippen molar-refractivity contribution in [2.45, 2.75) is 19.4 Å². The Hall–Kier alpha value is -2.89. The van der Waals surface area contributed by atoms with Gasteiger partial charge < -0.3 is 15.4 Å². The van der Waals surface area contributed by atoms with Crippen molar-refractivity contribution >= 4 is 23.2 Å². The van der Waals surface area contributed by atoms with Crippen molar-refractivity contribution in [1.82, 2.24) is 4.98 Å². The molecular weight excluding hydrogens is 282 g/mol. The number of carbonyl (C=O) groups is 2. The van der Waals surface area contributed by atoms with Crippen LogP contribution in [0.4, 0.5) is 11.4 Å². The average molecular weight is 297 g/mol. The predicted octanol–water partition coefficient (Wildman–Crippen LogP) is 2.44. The molecule has 0 fully saturated rings. The summed E-state index contributed by atoms with van der Waals surface area (Å²) >= 11 is 0. The highest BCUT2D eigenvalue weighted by atomic mass is 16.5. The van der Waals surface area contributed by atoms with Gasteiger partial charge in [-0.1, -0.05) is 0 Å². The molecule has 1 aromatic heterocycles. The number of carbonyl (C=O) groups excluding carboxylic acids is 2. The molecule has 3 rings (SSSR count). The fourth-order valence-electron chi connectivity index (χ4n) is 2.09. The number of nitrogens with one attached hydrogen (secondary N) is 2. The predicted molar refractivity (Wildman–Crippen MR) is 82.0 cm³/mol. The summed E-state index contributed by atoms with van der Waals surface area (Å²) in [5, 5.41) is 5.53. The van der Waals surface area contributed by atoms with E-state index in [4.69, 9.17) is 4.74 Å². The molecule has 1 aliphatic heterocycles. The average Bonchev–Trinajstić information content (AvgIpc) is 2.49. The fourth-order valence-corrected chi connectivity index (χ4v) is 2.09. The van der Waals surface area contributed by atoms with Gasteiger partial charge in [-0.3, -0.25) is 14.6 Å². The van der Waals surface area contributed by atoms with E-state index in [1.807, 2.05) is 0 Å². The van der Waals surface area contributed by atoms with E-state index >= 15 is 0 Å². The van der Waals surface area contributed by atoms with Gasteiger partial charge in [-0.15, -0.1) is 0 Å². The van der Waals surface area contributed by atoms with E-state index in [-0.39, 0.29) is 11.8 Å². The maximum absolute atomic E-state index is 12.1. The Bertz CT molecular complexity index is 742. The van der Waals surface area contributed by atoms with Crippen LogP contribution in [0.25, 0.3) is 0 Å². The third kappa shape index (κ3) is 2.63. The van der Waals surface area contributed by atoms with E-state index < -0.39 is 5.60 Å². The molecule has 1 aliphatic rings. The first-order chi connectivity index (χ1) is 10.5. The first kappa shape index (κ1) is 14.1. The monoisotopic (exact) mass is 297 g/mol. The zero-order valence-corrected chi connectivity index (χ0v) is 12.2. The van der Waals surface area contributed by atoms with Crippen molar-refractivity contribution in [2.24, 2.45) is 0 Å². The SMILES string of the molecule is CC1(C)Oc2ccc(NC(=O)c3cccnc3)cc2NC1=O. The summed E-state index contributed by atoms with van der Waals surface area (Å²) in [4.78, 5) is 27.9. The molecule has 2 N–H and O–H groups in total. The number of hydrogen-bond acceptors (Lipinski definition) is 4. The van der Waals surface area contributed by atoms with Gasteiger partial charge in [0.25, 0.3) is 11.8 Å². The van der Waals surface area contributed by atoms with Gasteiger partial charge in [0.15, 0.2) is 5.60 Å². The first-order valence-corrected chi connectivity index (χ1v) is 6.81. The minimum atomic E-state index is -0.909. The van der Waals surface area contributed by atoms with Gasteiger partial charge in [-0.2, -0.15) is 0 Å². The molecule has 2 amide bonds. The Morgan fingerprint density at radius 1 is 1.32 bits per heavy atom. The third-order valence-corrected chi connectivity index (χ3v) is 3.32. The quantitative estimate of drug-likeness (QED) is 0.892.